The molecule has 1 amide bonds. The quantitative estimate of drug-likeness (QED) is 0.828. The zero-order valence-electron chi connectivity index (χ0n) is 13.3. The second-order valence-corrected chi connectivity index (χ2v) is 7.02. The maximum atomic E-state index is 13.0. The Hall–Kier alpha value is -2.28. The molecule has 130 valence electrons. The molecule has 1 atom stereocenters. The molecule has 0 saturated heterocycles. The van der Waals surface area contributed by atoms with Crippen molar-refractivity contribution in [3.05, 3.63) is 59.7 Å². The van der Waals surface area contributed by atoms with Gasteiger partial charge in [0, 0.05) is 6.42 Å². The van der Waals surface area contributed by atoms with Crippen LogP contribution in [-0.4, -0.2) is 16.2 Å². The third-order valence-corrected chi connectivity index (χ3v) is 4.83. The number of benzene rings is 2. The topological polar surface area (TPSA) is 41.5 Å². The van der Waals surface area contributed by atoms with Gasteiger partial charge >= 0.3 is 6.18 Å². The van der Waals surface area contributed by atoms with Gasteiger partial charge in [-0.25, -0.2) is 4.99 Å². The van der Waals surface area contributed by atoms with Gasteiger partial charge in [-0.3, -0.25) is 4.79 Å². The van der Waals surface area contributed by atoms with E-state index in [1.807, 2.05) is 24.3 Å². The highest BCUT2D eigenvalue weighted by molar-refractivity contribution is 8.15. The van der Waals surface area contributed by atoms with Gasteiger partial charge in [0.05, 0.1) is 27.2 Å². The summed E-state index contributed by atoms with van der Waals surface area (Å²) in [5.41, 5.74) is 0.871. The van der Waals surface area contributed by atoms with Crippen LogP contribution in [0.5, 0.6) is 0 Å². The lowest BCUT2D eigenvalue weighted by Crippen LogP contribution is -2.25. The molecule has 1 aliphatic rings. The highest BCUT2D eigenvalue weighted by atomic mass is 32.2. The molecular weight excluding hydrogens is 349 g/mol. The summed E-state index contributed by atoms with van der Waals surface area (Å²) in [4.78, 5) is 16.8. The number of rotatable bonds is 3. The van der Waals surface area contributed by atoms with Crippen LogP contribution in [0.4, 0.5) is 24.5 Å². The van der Waals surface area contributed by atoms with Gasteiger partial charge in [0.25, 0.3) is 0 Å². The number of fused-ring (bicyclic) bond motifs is 1. The number of carbonyl (C=O) groups is 1. The van der Waals surface area contributed by atoms with Crippen LogP contribution in [0.15, 0.2) is 53.5 Å². The van der Waals surface area contributed by atoms with Crippen LogP contribution in [0.3, 0.4) is 0 Å². The van der Waals surface area contributed by atoms with E-state index in [0.717, 1.165) is 22.4 Å². The monoisotopic (exact) mass is 364 g/mol. The Morgan fingerprint density at radius 1 is 1.16 bits per heavy atom. The number of hydrogen-bond donors (Lipinski definition) is 1. The number of alkyl halides is 3. The standard InChI is InChI=1S/C18H15F3N2OS/c1-11(25-16-10-12-6-2-4-8-14(12)22-16)17(24)23-15-9-5-3-7-13(15)18(19,20)21/h2-9,11H,10H2,1H3,(H,23,24). The fraction of sp³-hybridized carbons (Fsp3) is 0.222. The van der Waals surface area contributed by atoms with E-state index in [2.05, 4.69) is 10.3 Å². The van der Waals surface area contributed by atoms with Crippen LogP contribution in [0.25, 0.3) is 0 Å². The summed E-state index contributed by atoms with van der Waals surface area (Å²) in [5.74, 6) is -0.486. The van der Waals surface area contributed by atoms with Crippen LogP contribution >= 0.6 is 11.8 Å². The predicted molar refractivity (Wildman–Crippen MR) is 94.4 cm³/mol. The first-order valence-corrected chi connectivity index (χ1v) is 8.52. The van der Waals surface area contributed by atoms with Crippen molar-refractivity contribution in [2.45, 2.75) is 24.8 Å². The molecule has 1 heterocycles. The molecule has 1 N–H and O–H groups in total. The molecule has 2 aromatic rings. The number of carbonyl (C=O) groups excluding carboxylic acids is 1. The highest BCUT2D eigenvalue weighted by Crippen LogP contribution is 2.35. The maximum absolute atomic E-state index is 13.0. The Balaban J connectivity index is 1.67. The Labute approximate surface area is 147 Å². The summed E-state index contributed by atoms with van der Waals surface area (Å²) < 4.78 is 39.0. The van der Waals surface area contributed by atoms with Crippen LogP contribution in [0.2, 0.25) is 0 Å². The van der Waals surface area contributed by atoms with Crippen molar-refractivity contribution in [3.8, 4) is 0 Å². The van der Waals surface area contributed by atoms with Crippen LogP contribution < -0.4 is 5.32 Å². The Kier molecular flexibility index (Phi) is 4.85. The number of anilines is 1. The zero-order chi connectivity index (χ0) is 18.0. The molecule has 25 heavy (non-hydrogen) atoms. The minimum absolute atomic E-state index is 0.232. The summed E-state index contributed by atoms with van der Waals surface area (Å²) in [6.07, 6.45) is -3.88. The zero-order valence-corrected chi connectivity index (χ0v) is 14.1. The number of para-hydroxylation sites is 2. The predicted octanol–water partition coefficient (Wildman–Crippen LogP) is 5.05. The largest absolute Gasteiger partial charge is 0.418 e. The van der Waals surface area contributed by atoms with Gasteiger partial charge in [-0.2, -0.15) is 13.2 Å². The fourth-order valence-corrected chi connectivity index (χ4v) is 3.47. The van der Waals surface area contributed by atoms with Gasteiger partial charge in [-0.05, 0) is 30.7 Å². The summed E-state index contributed by atoms with van der Waals surface area (Å²) in [7, 11) is 0. The molecule has 0 saturated carbocycles. The Morgan fingerprint density at radius 3 is 2.56 bits per heavy atom. The van der Waals surface area contributed by atoms with Crippen molar-refractivity contribution >= 4 is 34.1 Å². The van der Waals surface area contributed by atoms with E-state index in [4.69, 9.17) is 0 Å². The molecule has 1 unspecified atom stereocenters. The summed E-state index contributed by atoms with van der Waals surface area (Å²) in [6, 6.07) is 12.6. The first-order chi connectivity index (χ1) is 11.8. The second kappa shape index (κ2) is 6.92. The van der Waals surface area contributed by atoms with Gasteiger partial charge in [0.2, 0.25) is 5.91 Å². The lowest BCUT2D eigenvalue weighted by Gasteiger charge is -2.16. The van der Waals surface area contributed by atoms with Gasteiger partial charge in [-0.1, -0.05) is 42.1 Å². The van der Waals surface area contributed by atoms with Gasteiger partial charge in [0.15, 0.2) is 0 Å². The average molecular weight is 364 g/mol. The molecule has 0 radical (unpaired) electrons. The Bertz CT molecular complexity index is 833. The van der Waals surface area contributed by atoms with Gasteiger partial charge in [0.1, 0.15) is 0 Å². The van der Waals surface area contributed by atoms with Crippen molar-refractivity contribution in [2.75, 3.05) is 5.32 Å². The third-order valence-electron chi connectivity index (χ3n) is 3.75. The van der Waals surface area contributed by atoms with Crippen molar-refractivity contribution in [1.82, 2.24) is 0 Å². The molecule has 0 spiro atoms. The molecule has 0 fully saturated rings. The number of nitrogens with zero attached hydrogens (tertiary/aromatic N) is 1. The minimum Gasteiger partial charge on any atom is -0.325 e. The van der Waals surface area contributed by atoms with Crippen molar-refractivity contribution < 1.29 is 18.0 Å². The number of aliphatic imine (C=N–C) groups is 1. The molecule has 3 nitrogen and oxygen atoms in total. The molecule has 2 aromatic carbocycles. The van der Waals surface area contributed by atoms with Gasteiger partial charge in [-0.15, -0.1) is 0 Å². The fourth-order valence-electron chi connectivity index (χ4n) is 2.51. The third kappa shape index (κ3) is 4.04. The van der Waals surface area contributed by atoms with E-state index >= 15 is 0 Å². The SMILES string of the molecule is CC(SC1=Nc2ccccc2C1)C(=O)Nc1ccccc1C(F)(F)F. The molecule has 7 heteroatoms. The molecule has 0 aromatic heterocycles. The number of thioether (sulfide) groups is 1. The summed E-state index contributed by atoms with van der Waals surface area (Å²) in [6.45, 7) is 1.65. The van der Waals surface area contributed by atoms with Crippen molar-refractivity contribution in [1.29, 1.82) is 0 Å². The van der Waals surface area contributed by atoms with Gasteiger partial charge < -0.3 is 5.32 Å². The van der Waals surface area contributed by atoms with Crippen LogP contribution in [0.1, 0.15) is 18.1 Å². The van der Waals surface area contributed by atoms with E-state index in [0.29, 0.717) is 6.42 Å². The average Bonchev–Trinajstić information content (AvgIpc) is 2.96. The van der Waals surface area contributed by atoms with E-state index in [-0.39, 0.29) is 5.69 Å². The number of nitrogens with one attached hydrogen (secondary N) is 1. The lowest BCUT2D eigenvalue weighted by atomic mass is 10.1. The van der Waals surface area contributed by atoms with Crippen molar-refractivity contribution in [2.24, 2.45) is 4.99 Å². The number of hydrogen-bond acceptors (Lipinski definition) is 3. The van der Waals surface area contributed by atoms with E-state index in [1.165, 1.54) is 30.0 Å². The Morgan fingerprint density at radius 2 is 1.84 bits per heavy atom. The van der Waals surface area contributed by atoms with E-state index < -0.39 is 22.9 Å². The van der Waals surface area contributed by atoms with E-state index in [1.54, 1.807) is 6.92 Å². The molecule has 1 aliphatic heterocycles. The maximum Gasteiger partial charge on any atom is 0.418 e. The smallest absolute Gasteiger partial charge is 0.325 e. The molecule has 3 rings (SSSR count). The van der Waals surface area contributed by atoms with Crippen LogP contribution in [0, 0.1) is 0 Å². The lowest BCUT2D eigenvalue weighted by molar-refractivity contribution is -0.137. The second-order valence-electron chi connectivity index (χ2n) is 5.60. The number of halogens is 3. The van der Waals surface area contributed by atoms with Crippen LogP contribution in [-0.2, 0) is 17.4 Å². The highest BCUT2D eigenvalue weighted by Gasteiger charge is 2.34. The minimum atomic E-state index is -4.52. The number of amides is 1. The molecule has 0 bridgehead atoms. The summed E-state index contributed by atoms with van der Waals surface area (Å²) >= 11 is 1.26. The normalized spacial score (nSPS) is 14.6. The van der Waals surface area contributed by atoms with Crippen molar-refractivity contribution in [3.63, 3.8) is 0 Å². The first kappa shape index (κ1) is 17.5. The van der Waals surface area contributed by atoms with E-state index in [9.17, 15) is 18.0 Å². The molecule has 0 aliphatic carbocycles. The first-order valence-electron chi connectivity index (χ1n) is 7.64. The summed E-state index contributed by atoms with van der Waals surface area (Å²) in [5, 5.41) is 2.60. The molecular formula is C18H15F3N2OS.